The maximum absolute atomic E-state index is 11.9. The molecule has 0 bridgehead atoms. The molecule has 1 aromatic rings. The molecule has 0 radical (unpaired) electrons. The Morgan fingerprint density at radius 3 is 2.84 bits per heavy atom. The number of oxime groups is 1. The second-order valence-corrected chi connectivity index (χ2v) is 4.90. The van der Waals surface area contributed by atoms with E-state index in [1.165, 1.54) is 0 Å². The van der Waals surface area contributed by atoms with Crippen LogP contribution in [0.3, 0.4) is 0 Å². The van der Waals surface area contributed by atoms with Crippen molar-refractivity contribution in [2.75, 3.05) is 0 Å². The minimum Gasteiger partial charge on any atom is -0.382 e. The van der Waals surface area contributed by atoms with Crippen molar-refractivity contribution in [3.05, 3.63) is 23.8 Å². The van der Waals surface area contributed by atoms with Crippen molar-refractivity contribution in [2.45, 2.75) is 39.8 Å². The van der Waals surface area contributed by atoms with E-state index in [-0.39, 0.29) is 5.91 Å². The summed E-state index contributed by atoms with van der Waals surface area (Å²) in [5, 5.41) is 6.71. The molecule has 0 spiro atoms. The molecule has 0 aromatic carbocycles. The number of aryl methyl sites for hydroxylation is 1. The Hall–Kier alpha value is -1.98. The zero-order valence-corrected chi connectivity index (χ0v) is 11.4. The third-order valence-electron chi connectivity index (χ3n) is 2.93. The summed E-state index contributed by atoms with van der Waals surface area (Å²) in [6.07, 6.45) is 3.37. The van der Waals surface area contributed by atoms with Gasteiger partial charge in [-0.1, -0.05) is 19.0 Å². The highest BCUT2D eigenvalue weighted by Gasteiger charge is 2.29. The van der Waals surface area contributed by atoms with Gasteiger partial charge in [0.25, 0.3) is 5.91 Å². The van der Waals surface area contributed by atoms with Gasteiger partial charge in [0.05, 0.1) is 29.8 Å². The number of nitrogens with one attached hydrogen (secondary N) is 1. The summed E-state index contributed by atoms with van der Waals surface area (Å²) in [5.41, 5.74) is 2.50. The third-order valence-corrected chi connectivity index (χ3v) is 2.93. The van der Waals surface area contributed by atoms with Crippen LogP contribution in [-0.4, -0.2) is 27.7 Å². The van der Waals surface area contributed by atoms with E-state index in [1.807, 2.05) is 20.8 Å². The fourth-order valence-corrected chi connectivity index (χ4v) is 1.68. The van der Waals surface area contributed by atoms with Crippen LogP contribution in [0.4, 0.5) is 0 Å². The zero-order valence-electron chi connectivity index (χ0n) is 11.4. The lowest BCUT2D eigenvalue weighted by atomic mass is 10.0. The summed E-state index contributed by atoms with van der Waals surface area (Å²) in [6.45, 7) is 6.28. The van der Waals surface area contributed by atoms with Crippen molar-refractivity contribution in [2.24, 2.45) is 11.1 Å². The van der Waals surface area contributed by atoms with Gasteiger partial charge in [-0.15, -0.1) is 0 Å². The molecule has 1 N–H and O–H groups in total. The topological polar surface area (TPSA) is 76.5 Å². The smallest absolute Gasteiger partial charge is 0.264 e. The largest absolute Gasteiger partial charge is 0.382 e. The summed E-state index contributed by atoms with van der Waals surface area (Å²) in [5.74, 6) is 0.141. The van der Waals surface area contributed by atoms with Crippen LogP contribution in [0.15, 0.2) is 17.5 Å². The predicted molar refractivity (Wildman–Crippen MR) is 70.4 cm³/mol. The van der Waals surface area contributed by atoms with Gasteiger partial charge in [-0.05, 0) is 12.8 Å². The Kier molecular flexibility index (Phi) is 4.09. The van der Waals surface area contributed by atoms with E-state index in [2.05, 4.69) is 20.4 Å². The Balaban J connectivity index is 1.81. The number of amides is 1. The maximum atomic E-state index is 11.9. The van der Waals surface area contributed by atoms with Crippen LogP contribution >= 0.6 is 0 Å². The lowest BCUT2D eigenvalue weighted by Crippen LogP contribution is -2.34. The van der Waals surface area contributed by atoms with Crippen molar-refractivity contribution in [1.82, 2.24) is 15.3 Å². The fourth-order valence-electron chi connectivity index (χ4n) is 1.68. The number of rotatable bonds is 4. The molecule has 102 valence electrons. The van der Waals surface area contributed by atoms with Crippen molar-refractivity contribution in [3.8, 4) is 0 Å². The highest BCUT2D eigenvalue weighted by atomic mass is 16.6. The van der Waals surface area contributed by atoms with Crippen LogP contribution in [0.25, 0.3) is 0 Å². The molecule has 0 saturated heterocycles. The van der Waals surface area contributed by atoms with Gasteiger partial charge in [-0.3, -0.25) is 14.8 Å². The van der Waals surface area contributed by atoms with E-state index >= 15 is 0 Å². The van der Waals surface area contributed by atoms with Crippen molar-refractivity contribution in [1.29, 1.82) is 0 Å². The molecule has 1 amide bonds. The SMILES string of the molecule is Cc1cnc(CNC(=O)C2CC(C(C)C)=NO2)cn1. The molecule has 1 aliphatic rings. The first-order valence-corrected chi connectivity index (χ1v) is 6.34. The number of hydrogen-bond donors (Lipinski definition) is 1. The third kappa shape index (κ3) is 3.49. The molecule has 6 nitrogen and oxygen atoms in total. The molecule has 0 saturated carbocycles. The van der Waals surface area contributed by atoms with E-state index in [1.54, 1.807) is 12.4 Å². The standard InChI is InChI=1S/C13H18N4O2/c1-8(2)11-4-12(19-17-11)13(18)16-7-10-6-14-9(3)5-15-10/h5-6,8,12H,4,7H2,1-3H3,(H,16,18). The zero-order chi connectivity index (χ0) is 13.8. The van der Waals surface area contributed by atoms with E-state index in [0.29, 0.717) is 18.9 Å². The van der Waals surface area contributed by atoms with Crippen LogP contribution in [0, 0.1) is 12.8 Å². The number of hydrogen-bond acceptors (Lipinski definition) is 5. The monoisotopic (exact) mass is 262 g/mol. The van der Waals surface area contributed by atoms with Gasteiger partial charge in [0, 0.05) is 12.6 Å². The summed E-state index contributed by atoms with van der Waals surface area (Å²) >= 11 is 0. The van der Waals surface area contributed by atoms with Crippen LogP contribution in [0.2, 0.25) is 0 Å². The van der Waals surface area contributed by atoms with Gasteiger partial charge in [0.1, 0.15) is 0 Å². The quantitative estimate of drug-likeness (QED) is 0.884. The summed E-state index contributed by atoms with van der Waals surface area (Å²) in [7, 11) is 0. The van der Waals surface area contributed by atoms with Crippen LogP contribution in [-0.2, 0) is 16.2 Å². The molecule has 6 heteroatoms. The molecule has 0 fully saturated rings. The minimum absolute atomic E-state index is 0.165. The summed E-state index contributed by atoms with van der Waals surface area (Å²) in [4.78, 5) is 25.3. The molecule has 1 unspecified atom stereocenters. The highest BCUT2D eigenvalue weighted by molar-refractivity contribution is 5.93. The Bertz CT molecular complexity index is 482. The average molecular weight is 262 g/mol. The van der Waals surface area contributed by atoms with Gasteiger partial charge in [0.15, 0.2) is 0 Å². The highest BCUT2D eigenvalue weighted by Crippen LogP contribution is 2.16. The first kappa shape index (κ1) is 13.5. The lowest BCUT2D eigenvalue weighted by molar-refractivity contribution is -0.131. The van der Waals surface area contributed by atoms with Crippen molar-refractivity contribution >= 4 is 11.6 Å². The van der Waals surface area contributed by atoms with E-state index < -0.39 is 6.10 Å². The lowest BCUT2D eigenvalue weighted by Gasteiger charge is -2.09. The van der Waals surface area contributed by atoms with Crippen LogP contribution in [0.1, 0.15) is 31.7 Å². The van der Waals surface area contributed by atoms with E-state index in [4.69, 9.17) is 4.84 Å². The Labute approximate surface area is 112 Å². The van der Waals surface area contributed by atoms with Crippen molar-refractivity contribution in [3.63, 3.8) is 0 Å². The molecule has 2 heterocycles. The van der Waals surface area contributed by atoms with E-state index in [9.17, 15) is 4.79 Å². The molecule has 19 heavy (non-hydrogen) atoms. The Morgan fingerprint density at radius 2 is 2.26 bits per heavy atom. The van der Waals surface area contributed by atoms with Crippen LogP contribution < -0.4 is 5.32 Å². The molecule has 1 aromatic heterocycles. The van der Waals surface area contributed by atoms with E-state index in [0.717, 1.165) is 17.1 Å². The maximum Gasteiger partial charge on any atom is 0.264 e. The average Bonchev–Trinajstić information content (AvgIpc) is 2.87. The minimum atomic E-state index is -0.518. The molecule has 1 aliphatic heterocycles. The summed E-state index contributed by atoms with van der Waals surface area (Å²) in [6, 6.07) is 0. The second-order valence-electron chi connectivity index (χ2n) is 4.90. The normalized spacial score (nSPS) is 18.1. The summed E-state index contributed by atoms with van der Waals surface area (Å²) < 4.78 is 0. The first-order chi connectivity index (χ1) is 9.06. The van der Waals surface area contributed by atoms with Gasteiger partial charge in [-0.25, -0.2) is 0 Å². The predicted octanol–water partition coefficient (Wildman–Crippen LogP) is 1.20. The molecular weight excluding hydrogens is 244 g/mol. The first-order valence-electron chi connectivity index (χ1n) is 6.34. The number of nitrogens with zero attached hydrogens (tertiary/aromatic N) is 3. The van der Waals surface area contributed by atoms with Gasteiger partial charge in [-0.2, -0.15) is 0 Å². The van der Waals surface area contributed by atoms with Crippen molar-refractivity contribution < 1.29 is 9.63 Å². The Morgan fingerprint density at radius 1 is 1.47 bits per heavy atom. The van der Waals surface area contributed by atoms with Gasteiger partial charge in [0.2, 0.25) is 6.10 Å². The number of aromatic nitrogens is 2. The second kappa shape index (κ2) is 5.77. The molecule has 0 aliphatic carbocycles. The van der Waals surface area contributed by atoms with Crippen LogP contribution in [0.5, 0.6) is 0 Å². The van der Waals surface area contributed by atoms with Gasteiger partial charge >= 0.3 is 0 Å². The number of carbonyl (C=O) groups excluding carboxylic acids is 1. The molecule has 2 rings (SSSR count). The van der Waals surface area contributed by atoms with Gasteiger partial charge < -0.3 is 10.2 Å². The number of carbonyl (C=O) groups is 1. The molecular formula is C13H18N4O2. The molecule has 1 atom stereocenters. The fraction of sp³-hybridized carbons (Fsp3) is 0.538.